The van der Waals surface area contributed by atoms with Gasteiger partial charge in [0.2, 0.25) is 0 Å². The van der Waals surface area contributed by atoms with Crippen molar-refractivity contribution < 1.29 is 9.47 Å². The number of methoxy groups -OCH3 is 2. The van der Waals surface area contributed by atoms with Gasteiger partial charge in [-0.2, -0.15) is 5.10 Å². The lowest BCUT2D eigenvalue weighted by atomic mass is 10.2. The summed E-state index contributed by atoms with van der Waals surface area (Å²) in [6, 6.07) is 5.56. The number of imidazole rings is 1. The number of nitrogens with zero attached hydrogens (tertiary/aromatic N) is 4. The van der Waals surface area contributed by atoms with Crippen LogP contribution in [0.4, 0.5) is 5.82 Å². The third-order valence-corrected chi connectivity index (χ3v) is 3.03. The van der Waals surface area contributed by atoms with Crippen molar-refractivity contribution in [1.82, 2.24) is 19.9 Å². The number of hydrogen-bond donors (Lipinski definition) is 2. The molecule has 3 rings (SSSR count). The summed E-state index contributed by atoms with van der Waals surface area (Å²) in [5.74, 6) is 1.80. The number of nitrogens with one attached hydrogen (secondary N) is 2. The van der Waals surface area contributed by atoms with E-state index in [1.165, 1.54) is 6.33 Å². The minimum atomic E-state index is 0.542. The molecular formula is C14H14N6O2. The second-order valence-electron chi connectivity index (χ2n) is 4.28. The van der Waals surface area contributed by atoms with Gasteiger partial charge < -0.3 is 14.5 Å². The molecule has 8 nitrogen and oxygen atoms in total. The Kier molecular flexibility index (Phi) is 3.82. The van der Waals surface area contributed by atoms with Crippen LogP contribution in [-0.4, -0.2) is 40.4 Å². The Morgan fingerprint density at radius 1 is 1.18 bits per heavy atom. The molecule has 0 fully saturated rings. The molecule has 0 spiro atoms. The predicted molar refractivity (Wildman–Crippen MR) is 82.4 cm³/mol. The smallest absolute Gasteiger partial charge is 0.182 e. The molecule has 0 bridgehead atoms. The number of ether oxygens (including phenoxy) is 2. The Hall–Kier alpha value is -3.16. The van der Waals surface area contributed by atoms with E-state index in [1.54, 1.807) is 26.8 Å². The number of H-pyrrole nitrogens is 1. The van der Waals surface area contributed by atoms with Gasteiger partial charge in [-0.15, -0.1) is 0 Å². The number of fused-ring (bicyclic) bond motifs is 1. The standard InChI is InChI=1S/C14H14N6O2/c1-21-10-5-3-4-9(12(10)22-2)6-19-20-14-11-13(16-7-15-11)17-8-18-14/h3-8H,1-2H3,(H2,15,16,17,18,20)/b19-6+. The third kappa shape index (κ3) is 2.53. The summed E-state index contributed by atoms with van der Waals surface area (Å²) in [7, 11) is 3.17. The fourth-order valence-corrected chi connectivity index (χ4v) is 2.03. The van der Waals surface area contributed by atoms with Crippen molar-refractivity contribution in [2.75, 3.05) is 19.6 Å². The van der Waals surface area contributed by atoms with E-state index in [0.717, 1.165) is 5.56 Å². The zero-order valence-electron chi connectivity index (χ0n) is 12.1. The minimum Gasteiger partial charge on any atom is -0.493 e. The molecule has 2 heterocycles. The van der Waals surface area contributed by atoms with Crippen LogP contribution in [0.3, 0.4) is 0 Å². The largest absolute Gasteiger partial charge is 0.493 e. The van der Waals surface area contributed by atoms with Crippen LogP contribution in [0.2, 0.25) is 0 Å². The van der Waals surface area contributed by atoms with Gasteiger partial charge in [-0.1, -0.05) is 6.07 Å². The summed E-state index contributed by atoms with van der Waals surface area (Å²) in [4.78, 5) is 15.2. The predicted octanol–water partition coefficient (Wildman–Crippen LogP) is 1.82. The Bertz CT molecular complexity index is 814. The van der Waals surface area contributed by atoms with Crippen molar-refractivity contribution in [3.8, 4) is 11.5 Å². The van der Waals surface area contributed by atoms with Crippen LogP contribution in [0.1, 0.15) is 5.56 Å². The summed E-state index contributed by atoms with van der Waals surface area (Å²) in [5, 5.41) is 4.18. The van der Waals surface area contributed by atoms with Gasteiger partial charge in [0, 0.05) is 5.56 Å². The zero-order chi connectivity index (χ0) is 15.4. The van der Waals surface area contributed by atoms with Gasteiger partial charge in [0.1, 0.15) is 11.8 Å². The first kappa shape index (κ1) is 13.8. The van der Waals surface area contributed by atoms with Crippen LogP contribution in [0, 0.1) is 0 Å². The Labute approximate surface area is 126 Å². The Balaban J connectivity index is 1.85. The number of hydrazone groups is 1. The number of hydrogen-bond acceptors (Lipinski definition) is 7. The average molecular weight is 298 g/mol. The summed E-state index contributed by atoms with van der Waals surface area (Å²) in [6.07, 6.45) is 4.61. The monoisotopic (exact) mass is 298 g/mol. The van der Waals surface area contributed by atoms with Gasteiger partial charge in [0.25, 0.3) is 0 Å². The quantitative estimate of drug-likeness (QED) is 0.551. The second kappa shape index (κ2) is 6.08. The first-order valence-corrected chi connectivity index (χ1v) is 6.47. The highest BCUT2D eigenvalue weighted by atomic mass is 16.5. The Morgan fingerprint density at radius 3 is 2.91 bits per heavy atom. The second-order valence-corrected chi connectivity index (χ2v) is 4.28. The lowest BCUT2D eigenvalue weighted by Crippen LogP contribution is -1.98. The van der Waals surface area contributed by atoms with E-state index in [9.17, 15) is 0 Å². The van der Waals surface area contributed by atoms with Gasteiger partial charge in [0.05, 0.1) is 26.8 Å². The van der Waals surface area contributed by atoms with E-state index in [0.29, 0.717) is 28.5 Å². The van der Waals surface area contributed by atoms with Crippen LogP contribution in [0.25, 0.3) is 11.2 Å². The van der Waals surface area contributed by atoms with E-state index >= 15 is 0 Å². The minimum absolute atomic E-state index is 0.542. The molecule has 0 atom stereocenters. The molecule has 112 valence electrons. The molecule has 2 aromatic heterocycles. The molecule has 0 saturated carbocycles. The van der Waals surface area contributed by atoms with Crippen LogP contribution in [0.15, 0.2) is 36.0 Å². The van der Waals surface area contributed by atoms with Crippen molar-refractivity contribution in [3.05, 3.63) is 36.4 Å². The summed E-state index contributed by atoms with van der Waals surface area (Å²) in [5.41, 5.74) is 4.91. The van der Waals surface area contributed by atoms with E-state index in [2.05, 4.69) is 30.5 Å². The average Bonchev–Trinajstić information content (AvgIpc) is 3.04. The highest BCUT2D eigenvalue weighted by Crippen LogP contribution is 2.29. The van der Waals surface area contributed by atoms with Gasteiger partial charge in [-0.05, 0) is 12.1 Å². The number of para-hydroxylation sites is 1. The maximum Gasteiger partial charge on any atom is 0.182 e. The Morgan fingerprint density at radius 2 is 2.09 bits per heavy atom. The molecular weight excluding hydrogens is 284 g/mol. The highest BCUT2D eigenvalue weighted by Gasteiger charge is 2.08. The SMILES string of the molecule is COc1cccc(/C=N/Nc2ncnc3nc[nH]c23)c1OC. The first-order chi connectivity index (χ1) is 10.8. The zero-order valence-corrected chi connectivity index (χ0v) is 12.1. The molecule has 0 aliphatic heterocycles. The lowest BCUT2D eigenvalue weighted by molar-refractivity contribution is 0.354. The third-order valence-electron chi connectivity index (χ3n) is 3.03. The van der Waals surface area contributed by atoms with Crippen molar-refractivity contribution >= 4 is 23.2 Å². The van der Waals surface area contributed by atoms with E-state index in [1.807, 2.05) is 18.2 Å². The molecule has 0 radical (unpaired) electrons. The van der Waals surface area contributed by atoms with Gasteiger partial charge in [0.15, 0.2) is 23.0 Å². The molecule has 0 saturated heterocycles. The van der Waals surface area contributed by atoms with E-state index in [4.69, 9.17) is 9.47 Å². The van der Waals surface area contributed by atoms with E-state index in [-0.39, 0.29) is 0 Å². The number of aromatic amines is 1. The fraction of sp³-hybridized carbons (Fsp3) is 0.143. The van der Waals surface area contributed by atoms with Crippen LogP contribution < -0.4 is 14.9 Å². The number of benzene rings is 1. The van der Waals surface area contributed by atoms with Gasteiger partial charge in [-0.25, -0.2) is 15.0 Å². The fourth-order valence-electron chi connectivity index (χ4n) is 2.03. The number of rotatable bonds is 5. The van der Waals surface area contributed by atoms with Gasteiger partial charge >= 0.3 is 0 Å². The van der Waals surface area contributed by atoms with E-state index < -0.39 is 0 Å². The molecule has 8 heteroatoms. The molecule has 0 aliphatic carbocycles. The summed E-state index contributed by atoms with van der Waals surface area (Å²) in [6.45, 7) is 0. The van der Waals surface area contributed by atoms with Crippen molar-refractivity contribution in [2.45, 2.75) is 0 Å². The van der Waals surface area contributed by atoms with Crippen LogP contribution in [0.5, 0.6) is 11.5 Å². The highest BCUT2D eigenvalue weighted by molar-refractivity contribution is 5.87. The molecule has 2 N–H and O–H groups in total. The van der Waals surface area contributed by atoms with Crippen molar-refractivity contribution in [3.63, 3.8) is 0 Å². The van der Waals surface area contributed by atoms with Crippen LogP contribution in [-0.2, 0) is 0 Å². The first-order valence-electron chi connectivity index (χ1n) is 6.47. The number of anilines is 1. The molecule has 1 aromatic carbocycles. The molecule has 0 amide bonds. The van der Waals surface area contributed by atoms with Crippen LogP contribution >= 0.6 is 0 Å². The van der Waals surface area contributed by atoms with Crippen molar-refractivity contribution in [1.29, 1.82) is 0 Å². The molecule has 22 heavy (non-hydrogen) atoms. The van der Waals surface area contributed by atoms with Gasteiger partial charge in [-0.3, -0.25) is 5.43 Å². The topological polar surface area (TPSA) is 97.3 Å². The number of aromatic nitrogens is 4. The molecule has 0 aliphatic rings. The maximum absolute atomic E-state index is 5.34. The lowest BCUT2D eigenvalue weighted by Gasteiger charge is -2.09. The normalized spacial score (nSPS) is 11.0. The summed E-state index contributed by atoms with van der Waals surface area (Å²) >= 11 is 0. The maximum atomic E-state index is 5.34. The van der Waals surface area contributed by atoms with Crippen molar-refractivity contribution in [2.24, 2.45) is 5.10 Å². The molecule has 0 unspecified atom stereocenters. The summed E-state index contributed by atoms with van der Waals surface area (Å²) < 4.78 is 10.6. The molecule has 3 aromatic rings.